The molecule has 84 valence electrons. The Hall–Kier alpha value is -1.91. The number of fused-ring (bicyclic) bond motifs is 1. The van der Waals surface area contributed by atoms with Crippen molar-refractivity contribution in [1.82, 2.24) is 9.61 Å². The van der Waals surface area contributed by atoms with Crippen LogP contribution in [-0.4, -0.2) is 22.2 Å². The predicted octanol–water partition coefficient (Wildman–Crippen LogP) is 1.96. The van der Waals surface area contributed by atoms with Gasteiger partial charge in [0, 0.05) is 0 Å². The zero-order valence-corrected chi connectivity index (χ0v) is 9.03. The SMILES string of the molecule is CCOC(=O)c1cc2cc(C)nn2cc1F. The molecule has 16 heavy (non-hydrogen) atoms. The van der Waals surface area contributed by atoms with Crippen molar-refractivity contribution >= 4 is 11.5 Å². The van der Waals surface area contributed by atoms with Gasteiger partial charge in [0.25, 0.3) is 0 Å². The largest absolute Gasteiger partial charge is 0.462 e. The van der Waals surface area contributed by atoms with Crippen molar-refractivity contribution in [3.05, 3.63) is 35.4 Å². The van der Waals surface area contributed by atoms with Gasteiger partial charge in [0.05, 0.1) is 29.6 Å². The number of carbonyl (C=O) groups excluding carboxylic acids is 1. The van der Waals surface area contributed by atoms with Crippen LogP contribution in [0.15, 0.2) is 18.3 Å². The van der Waals surface area contributed by atoms with Gasteiger partial charge < -0.3 is 4.74 Å². The van der Waals surface area contributed by atoms with E-state index in [-0.39, 0.29) is 12.2 Å². The van der Waals surface area contributed by atoms with E-state index in [2.05, 4.69) is 5.10 Å². The highest BCUT2D eigenvalue weighted by Gasteiger charge is 2.14. The molecular formula is C11H11FN2O2. The Morgan fingerprint density at radius 2 is 2.31 bits per heavy atom. The number of rotatable bonds is 2. The van der Waals surface area contributed by atoms with Gasteiger partial charge in [0.15, 0.2) is 5.82 Å². The van der Waals surface area contributed by atoms with Crippen LogP contribution in [0.1, 0.15) is 23.0 Å². The Morgan fingerprint density at radius 1 is 1.56 bits per heavy atom. The van der Waals surface area contributed by atoms with Crippen LogP contribution in [-0.2, 0) is 4.74 Å². The Morgan fingerprint density at radius 3 is 3.00 bits per heavy atom. The minimum atomic E-state index is -0.652. The van der Waals surface area contributed by atoms with Crippen molar-refractivity contribution in [1.29, 1.82) is 0 Å². The topological polar surface area (TPSA) is 43.6 Å². The maximum Gasteiger partial charge on any atom is 0.341 e. The van der Waals surface area contributed by atoms with E-state index < -0.39 is 11.8 Å². The molecule has 0 amide bonds. The van der Waals surface area contributed by atoms with E-state index in [0.717, 1.165) is 5.69 Å². The highest BCUT2D eigenvalue weighted by molar-refractivity contribution is 5.91. The van der Waals surface area contributed by atoms with Crippen LogP contribution in [0, 0.1) is 12.7 Å². The molecule has 0 bridgehead atoms. The fourth-order valence-electron chi connectivity index (χ4n) is 1.51. The molecule has 2 rings (SSSR count). The van der Waals surface area contributed by atoms with E-state index in [1.165, 1.54) is 16.8 Å². The van der Waals surface area contributed by atoms with Gasteiger partial charge in [-0.3, -0.25) is 0 Å². The summed E-state index contributed by atoms with van der Waals surface area (Å²) in [5.74, 6) is -1.28. The van der Waals surface area contributed by atoms with E-state index in [1.807, 2.05) is 0 Å². The highest BCUT2D eigenvalue weighted by atomic mass is 19.1. The zero-order chi connectivity index (χ0) is 11.7. The van der Waals surface area contributed by atoms with Crippen LogP contribution in [0.25, 0.3) is 5.52 Å². The van der Waals surface area contributed by atoms with E-state index in [4.69, 9.17) is 4.74 Å². The number of aromatic nitrogens is 2. The van der Waals surface area contributed by atoms with Gasteiger partial charge >= 0.3 is 5.97 Å². The molecule has 0 fully saturated rings. The van der Waals surface area contributed by atoms with Gasteiger partial charge in [0.2, 0.25) is 0 Å². The van der Waals surface area contributed by atoms with Crippen LogP contribution in [0.3, 0.4) is 0 Å². The molecule has 4 nitrogen and oxygen atoms in total. The van der Waals surface area contributed by atoms with Crippen LogP contribution in [0.2, 0.25) is 0 Å². The van der Waals surface area contributed by atoms with E-state index in [9.17, 15) is 9.18 Å². The lowest BCUT2D eigenvalue weighted by molar-refractivity contribution is 0.0521. The Kier molecular flexibility index (Phi) is 2.60. The highest BCUT2D eigenvalue weighted by Crippen LogP contribution is 2.14. The number of esters is 1. The molecule has 2 aromatic rings. The monoisotopic (exact) mass is 222 g/mol. The second kappa shape index (κ2) is 3.92. The smallest absolute Gasteiger partial charge is 0.341 e. The summed E-state index contributed by atoms with van der Waals surface area (Å²) in [4.78, 5) is 11.4. The predicted molar refractivity (Wildman–Crippen MR) is 55.8 cm³/mol. The summed E-state index contributed by atoms with van der Waals surface area (Å²) in [6, 6.07) is 3.20. The number of aryl methyl sites for hydroxylation is 1. The lowest BCUT2D eigenvalue weighted by Crippen LogP contribution is -2.08. The fraction of sp³-hybridized carbons (Fsp3) is 0.273. The van der Waals surface area contributed by atoms with E-state index >= 15 is 0 Å². The first kappa shape index (κ1) is 10.6. The summed E-state index contributed by atoms with van der Waals surface area (Å²) in [6.07, 6.45) is 1.18. The van der Waals surface area contributed by atoms with E-state index in [1.54, 1.807) is 19.9 Å². The number of hydrogen-bond acceptors (Lipinski definition) is 3. The standard InChI is InChI=1S/C11H11FN2O2/c1-3-16-11(15)9-5-8-4-7(2)13-14(8)6-10(9)12/h4-6H,3H2,1-2H3. The molecule has 5 heteroatoms. The number of hydrogen-bond donors (Lipinski definition) is 0. The van der Waals surface area contributed by atoms with Crippen molar-refractivity contribution in [2.75, 3.05) is 6.61 Å². The molecule has 2 heterocycles. The normalized spacial score (nSPS) is 10.7. The molecule has 0 aliphatic heterocycles. The molecule has 0 unspecified atom stereocenters. The molecule has 0 radical (unpaired) electrons. The van der Waals surface area contributed by atoms with Crippen molar-refractivity contribution in [3.63, 3.8) is 0 Å². The summed E-state index contributed by atoms with van der Waals surface area (Å²) in [5, 5.41) is 4.04. The third-order valence-corrected chi connectivity index (χ3v) is 2.17. The van der Waals surface area contributed by atoms with Gasteiger partial charge in [0.1, 0.15) is 0 Å². The Balaban J connectivity index is 2.53. The molecule has 0 spiro atoms. The summed E-state index contributed by atoms with van der Waals surface area (Å²) < 4.78 is 19.7. The summed E-state index contributed by atoms with van der Waals surface area (Å²) >= 11 is 0. The summed E-state index contributed by atoms with van der Waals surface area (Å²) in [6.45, 7) is 3.70. The molecule has 0 atom stereocenters. The molecule has 0 aliphatic rings. The second-order valence-electron chi connectivity index (χ2n) is 3.41. The lowest BCUT2D eigenvalue weighted by atomic mass is 10.2. The van der Waals surface area contributed by atoms with Crippen LogP contribution < -0.4 is 0 Å². The molecular weight excluding hydrogens is 211 g/mol. The van der Waals surface area contributed by atoms with Crippen LogP contribution in [0.5, 0.6) is 0 Å². The maximum absolute atomic E-state index is 13.5. The van der Waals surface area contributed by atoms with Crippen molar-refractivity contribution in [3.8, 4) is 0 Å². The summed E-state index contributed by atoms with van der Waals surface area (Å²) in [5.41, 5.74) is 1.37. The Labute approximate surface area is 91.6 Å². The molecule has 0 saturated carbocycles. The minimum absolute atomic E-state index is 0.0609. The first-order valence-electron chi connectivity index (χ1n) is 4.94. The maximum atomic E-state index is 13.5. The van der Waals surface area contributed by atoms with Gasteiger partial charge in [-0.15, -0.1) is 0 Å². The fourth-order valence-corrected chi connectivity index (χ4v) is 1.51. The number of carbonyl (C=O) groups is 1. The molecule has 0 N–H and O–H groups in total. The first-order chi connectivity index (χ1) is 7.61. The van der Waals surface area contributed by atoms with E-state index in [0.29, 0.717) is 5.52 Å². The third-order valence-electron chi connectivity index (χ3n) is 2.17. The average Bonchev–Trinajstić information content (AvgIpc) is 2.56. The zero-order valence-electron chi connectivity index (χ0n) is 9.03. The van der Waals surface area contributed by atoms with Gasteiger partial charge in [-0.2, -0.15) is 5.10 Å². The molecule has 0 aromatic carbocycles. The number of pyridine rings is 1. The van der Waals surface area contributed by atoms with Crippen molar-refractivity contribution in [2.24, 2.45) is 0 Å². The molecule has 0 saturated heterocycles. The quantitative estimate of drug-likeness (QED) is 0.729. The minimum Gasteiger partial charge on any atom is -0.462 e. The van der Waals surface area contributed by atoms with Crippen molar-refractivity contribution < 1.29 is 13.9 Å². The third kappa shape index (κ3) is 1.76. The number of halogens is 1. The van der Waals surface area contributed by atoms with Crippen LogP contribution >= 0.6 is 0 Å². The summed E-state index contributed by atoms with van der Waals surface area (Å²) in [7, 11) is 0. The Bertz CT molecular complexity index is 548. The van der Waals surface area contributed by atoms with Gasteiger partial charge in [-0.1, -0.05) is 0 Å². The first-order valence-corrected chi connectivity index (χ1v) is 4.94. The van der Waals surface area contributed by atoms with Gasteiger partial charge in [-0.05, 0) is 26.0 Å². The average molecular weight is 222 g/mol. The van der Waals surface area contributed by atoms with Gasteiger partial charge in [-0.25, -0.2) is 13.7 Å². The lowest BCUT2D eigenvalue weighted by Gasteiger charge is -2.03. The molecule has 2 aromatic heterocycles. The van der Waals surface area contributed by atoms with Crippen molar-refractivity contribution in [2.45, 2.75) is 13.8 Å². The number of nitrogens with zero attached hydrogens (tertiary/aromatic N) is 2. The second-order valence-corrected chi connectivity index (χ2v) is 3.41. The molecule has 0 aliphatic carbocycles. The number of ether oxygens (including phenoxy) is 1. The van der Waals surface area contributed by atoms with Crippen LogP contribution in [0.4, 0.5) is 4.39 Å².